The third kappa shape index (κ3) is 1.54. The Morgan fingerprint density at radius 1 is 1.60 bits per heavy atom. The summed E-state index contributed by atoms with van der Waals surface area (Å²) in [6.07, 6.45) is 1.55. The molecule has 4 heteroatoms. The molecule has 0 fully saturated rings. The zero-order chi connectivity index (χ0) is 7.56. The van der Waals surface area contributed by atoms with Crippen LogP contribution in [0.15, 0.2) is 22.9 Å². The van der Waals surface area contributed by atoms with Crippen molar-refractivity contribution in [3.63, 3.8) is 0 Å². The van der Waals surface area contributed by atoms with E-state index in [0.29, 0.717) is 5.56 Å². The van der Waals surface area contributed by atoms with Crippen LogP contribution in [-0.2, 0) is 0 Å². The molecule has 0 amide bonds. The number of aromatic nitrogens is 1. The molecule has 0 aliphatic heterocycles. The fraction of sp³-hybridized carbons (Fsp3) is 0. The maximum Gasteiger partial charge on any atom is 0.124 e. The molecule has 0 saturated heterocycles. The monoisotopic (exact) mass is 199 g/mol. The van der Waals surface area contributed by atoms with E-state index >= 15 is 0 Å². The standard InChI is InChI=1S/C6H6BrN3/c7-5-2-1-4(3-10-5)6(8)9/h1-3H,(H3,8,9). The van der Waals surface area contributed by atoms with E-state index in [2.05, 4.69) is 20.9 Å². The number of hydrogen-bond acceptors (Lipinski definition) is 2. The van der Waals surface area contributed by atoms with Gasteiger partial charge in [-0.2, -0.15) is 0 Å². The molecular formula is C6H6BrN3. The molecule has 1 rings (SSSR count). The van der Waals surface area contributed by atoms with Crippen molar-refractivity contribution < 1.29 is 0 Å². The molecular weight excluding hydrogens is 194 g/mol. The Morgan fingerprint density at radius 2 is 2.30 bits per heavy atom. The summed E-state index contributed by atoms with van der Waals surface area (Å²) in [5.74, 6) is 0.0417. The second-order valence-electron chi connectivity index (χ2n) is 1.78. The van der Waals surface area contributed by atoms with Crippen LogP contribution < -0.4 is 5.73 Å². The van der Waals surface area contributed by atoms with Crippen molar-refractivity contribution in [3.8, 4) is 0 Å². The lowest BCUT2D eigenvalue weighted by Crippen LogP contribution is -2.10. The average Bonchev–Trinajstić information content (AvgIpc) is 1.88. The van der Waals surface area contributed by atoms with Crippen LogP contribution in [0.3, 0.4) is 0 Å². The summed E-state index contributed by atoms with van der Waals surface area (Å²) in [5, 5.41) is 7.03. The van der Waals surface area contributed by atoms with E-state index < -0.39 is 0 Å². The predicted octanol–water partition coefficient (Wildman–Crippen LogP) is 1.13. The van der Waals surface area contributed by atoms with Crippen molar-refractivity contribution in [3.05, 3.63) is 28.5 Å². The Labute approximate surface area is 66.9 Å². The maximum absolute atomic E-state index is 7.03. The SMILES string of the molecule is N=C(N)c1ccc(Br)nc1. The number of nitrogens with zero attached hydrogens (tertiary/aromatic N) is 1. The number of hydrogen-bond donors (Lipinski definition) is 2. The number of rotatable bonds is 1. The third-order valence-electron chi connectivity index (χ3n) is 1.04. The summed E-state index contributed by atoms with van der Waals surface area (Å²) < 4.78 is 0.748. The van der Waals surface area contributed by atoms with Gasteiger partial charge in [-0.25, -0.2) is 4.98 Å². The minimum atomic E-state index is 0.0417. The van der Waals surface area contributed by atoms with Gasteiger partial charge in [0, 0.05) is 11.8 Å². The van der Waals surface area contributed by atoms with Crippen molar-refractivity contribution in [2.24, 2.45) is 5.73 Å². The summed E-state index contributed by atoms with van der Waals surface area (Å²) in [6, 6.07) is 3.48. The Morgan fingerprint density at radius 3 is 2.70 bits per heavy atom. The van der Waals surface area contributed by atoms with E-state index in [1.54, 1.807) is 18.3 Å². The first-order valence-electron chi connectivity index (χ1n) is 2.66. The molecule has 1 heterocycles. The van der Waals surface area contributed by atoms with E-state index in [9.17, 15) is 0 Å². The summed E-state index contributed by atoms with van der Waals surface area (Å²) in [4.78, 5) is 3.90. The zero-order valence-corrected chi connectivity index (χ0v) is 6.72. The fourth-order valence-electron chi connectivity index (χ4n) is 0.535. The molecule has 3 nitrogen and oxygen atoms in total. The van der Waals surface area contributed by atoms with E-state index in [4.69, 9.17) is 11.1 Å². The largest absolute Gasteiger partial charge is 0.384 e. The van der Waals surface area contributed by atoms with Crippen molar-refractivity contribution in [2.45, 2.75) is 0 Å². The van der Waals surface area contributed by atoms with Crippen LogP contribution in [0.1, 0.15) is 5.56 Å². The minimum absolute atomic E-state index is 0.0417. The molecule has 1 aromatic heterocycles. The molecule has 1 aromatic rings. The van der Waals surface area contributed by atoms with E-state index in [1.165, 1.54) is 0 Å². The lowest BCUT2D eigenvalue weighted by atomic mass is 10.3. The first-order valence-corrected chi connectivity index (χ1v) is 3.45. The van der Waals surface area contributed by atoms with Gasteiger partial charge in [0.1, 0.15) is 10.4 Å². The van der Waals surface area contributed by atoms with Crippen LogP contribution in [0.2, 0.25) is 0 Å². The molecule has 0 unspecified atom stereocenters. The van der Waals surface area contributed by atoms with Crippen molar-refractivity contribution in [1.82, 2.24) is 4.98 Å². The van der Waals surface area contributed by atoms with Gasteiger partial charge >= 0.3 is 0 Å². The first kappa shape index (κ1) is 7.21. The highest BCUT2D eigenvalue weighted by Crippen LogP contribution is 2.04. The topological polar surface area (TPSA) is 62.8 Å². The molecule has 0 saturated carbocycles. The molecule has 0 spiro atoms. The third-order valence-corrected chi connectivity index (χ3v) is 1.51. The van der Waals surface area contributed by atoms with Gasteiger partial charge in [-0.05, 0) is 28.1 Å². The highest BCUT2D eigenvalue weighted by Gasteiger charge is 1.94. The Kier molecular flexibility index (Phi) is 2.01. The van der Waals surface area contributed by atoms with Crippen LogP contribution >= 0.6 is 15.9 Å². The van der Waals surface area contributed by atoms with Gasteiger partial charge in [0.25, 0.3) is 0 Å². The van der Waals surface area contributed by atoms with Crippen molar-refractivity contribution >= 4 is 21.8 Å². The van der Waals surface area contributed by atoms with E-state index in [0.717, 1.165) is 4.60 Å². The van der Waals surface area contributed by atoms with Gasteiger partial charge in [-0.15, -0.1) is 0 Å². The van der Waals surface area contributed by atoms with Crippen molar-refractivity contribution in [2.75, 3.05) is 0 Å². The van der Waals surface area contributed by atoms with Crippen LogP contribution in [0.25, 0.3) is 0 Å². The van der Waals surface area contributed by atoms with Gasteiger partial charge in [0.15, 0.2) is 0 Å². The molecule has 52 valence electrons. The number of nitrogens with two attached hydrogens (primary N) is 1. The molecule has 0 atom stereocenters. The summed E-state index contributed by atoms with van der Waals surface area (Å²) >= 11 is 3.17. The van der Waals surface area contributed by atoms with Crippen LogP contribution in [-0.4, -0.2) is 10.8 Å². The number of halogens is 1. The predicted molar refractivity (Wildman–Crippen MR) is 43.0 cm³/mol. The fourth-order valence-corrected chi connectivity index (χ4v) is 0.770. The maximum atomic E-state index is 7.03. The van der Waals surface area contributed by atoms with E-state index in [1.807, 2.05) is 0 Å². The normalized spacial score (nSPS) is 9.30. The van der Waals surface area contributed by atoms with Gasteiger partial charge in [-0.1, -0.05) is 0 Å². The Hall–Kier alpha value is -0.900. The zero-order valence-electron chi connectivity index (χ0n) is 5.13. The molecule has 0 bridgehead atoms. The second-order valence-corrected chi connectivity index (χ2v) is 2.60. The Bertz CT molecular complexity index is 242. The number of nitrogen functional groups attached to an aromatic ring is 1. The lowest BCUT2D eigenvalue weighted by Gasteiger charge is -1.94. The number of nitrogens with one attached hydrogen (secondary N) is 1. The van der Waals surface area contributed by atoms with Crippen LogP contribution in [0, 0.1) is 5.41 Å². The van der Waals surface area contributed by atoms with E-state index in [-0.39, 0.29) is 5.84 Å². The number of amidine groups is 1. The van der Waals surface area contributed by atoms with Gasteiger partial charge in [-0.3, -0.25) is 5.41 Å². The minimum Gasteiger partial charge on any atom is -0.384 e. The average molecular weight is 200 g/mol. The second kappa shape index (κ2) is 2.79. The van der Waals surface area contributed by atoms with Gasteiger partial charge in [0.05, 0.1) is 0 Å². The molecule has 0 radical (unpaired) electrons. The molecule has 0 aromatic carbocycles. The summed E-state index contributed by atoms with van der Waals surface area (Å²) in [5.41, 5.74) is 5.83. The molecule has 0 aliphatic carbocycles. The Balaban J connectivity index is 3.00. The van der Waals surface area contributed by atoms with Crippen LogP contribution in [0.5, 0.6) is 0 Å². The van der Waals surface area contributed by atoms with Crippen molar-refractivity contribution in [1.29, 1.82) is 5.41 Å². The molecule has 3 N–H and O–H groups in total. The summed E-state index contributed by atoms with van der Waals surface area (Å²) in [6.45, 7) is 0. The highest BCUT2D eigenvalue weighted by molar-refractivity contribution is 9.10. The molecule has 10 heavy (non-hydrogen) atoms. The van der Waals surface area contributed by atoms with Gasteiger partial charge in [0.2, 0.25) is 0 Å². The quantitative estimate of drug-likeness (QED) is 0.405. The van der Waals surface area contributed by atoms with Gasteiger partial charge < -0.3 is 5.73 Å². The lowest BCUT2D eigenvalue weighted by molar-refractivity contribution is 1.25. The smallest absolute Gasteiger partial charge is 0.124 e. The summed E-state index contributed by atoms with van der Waals surface area (Å²) in [7, 11) is 0. The highest BCUT2D eigenvalue weighted by atomic mass is 79.9. The molecule has 0 aliphatic rings. The first-order chi connectivity index (χ1) is 4.70. The van der Waals surface area contributed by atoms with Crippen LogP contribution in [0.4, 0.5) is 0 Å². The number of pyridine rings is 1.